The quantitative estimate of drug-likeness (QED) is 0.747. The van der Waals surface area contributed by atoms with Crippen molar-refractivity contribution in [3.8, 4) is 0 Å². The Morgan fingerprint density at radius 2 is 2.07 bits per heavy atom. The van der Waals surface area contributed by atoms with Crippen LogP contribution >= 0.6 is 0 Å². The van der Waals surface area contributed by atoms with Gasteiger partial charge in [0, 0.05) is 19.6 Å². The smallest absolute Gasteiger partial charge is 0.230 e. The molecule has 86 valence electrons. The van der Waals surface area contributed by atoms with Gasteiger partial charge in [-0.15, -0.1) is 0 Å². The van der Waals surface area contributed by atoms with Gasteiger partial charge in [0.05, 0.1) is 5.41 Å². The number of carbonyl (C=O) groups is 1. The highest BCUT2D eigenvalue weighted by atomic mass is 16.2. The Hall–Kier alpha value is -0.570. The van der Waals surface area contributed by atoms with Gasteiger partial charge >= 0.3 is 0 Å². The molecule has 1 atom stereocenters. The maximum absolute atomic E-state index is 12.4. The molecule has 0 radical (unpaired) electrons. The molecular weight excluding hydrogens is 188 g/mol. The molecule has 2 aliphatic heterocycles. The van der Waals surface area contributed by atoms with Crippen LogP contribution in [0.5, 0.6) is 0 Å². The average Bonchev–Trinajstić information content (AvgIpc) is 2.82. The van der Waals surface area contributed by atoms with E-state index in [4.69, 9.17) is 0 Å². The summed E-state index contributed by atoms with van der Waals surface area (Å²) >= 11 is 0. The van der Waals surface area contributed by atoms with Crippen LogP contribution in [0.2, 0.25) is 0 Å². The highest BCUT2D eigenvalue weighted by molar-refractivity contribution is 5.83. The monoisotopic (exact) mass is 210 g/mol. The summed E-state index contributed by atoms with van der Waals surface area (Å²) in [7, 11) is 0. The van der Waals surface area contributed by atoms with Crippen LogP contribution in [0.4, 0.5) is 0 Å². The lowest BCUT2D eigenvalue weighted by Gasteiger charge is -2.38. The van der Waals surface area contributed by atoms with E-state index in [1.165, 1.54) is 12.8 Å². The molecular formula is C12H22N2O. The van der Waals surface area contributed by atoms with Gasteiger partial charge in [-0.3, -0.25) is 4.79 Å². The van der Waals surface area contributed by atoms with Gasteiger partial charge in [-0.2, -0.15) is 0 Å². The van der Waals surface area contributed by atoms with Crippen molar-refractivity contribution in [3.05, 3.63) is 0 Å². The molecule has 15 heavy (non-hydrogen) atoms. The predicted molar refractivity (Wildman–Crippen MR) is 60.6 cm³/mol. The fourth-order valence-electron chi connectivity index (χ4n) is 2.86. The summed E-state index contributed by atoms with van der Waals surface area (Å²) in [5, 5.41) is 3.38. The van der Waals surface area contributed by atoms with E-state index in [0.717, 1.165) is 45.4 Å². The van der Waals surface area contributed by atoms with Gasteiger partial charge in [-0.05, 0) is 38.6 Å². The van der Waals surface area contributed by atoms with E-state index < -0.39 is 0 Å². The third-order valence-electron chi connectivity index (χ3n) is 4.00. The van der Waals surface area contributed by atoms with Crippen LogP contribution in [-0.4, -0.2) is 37.0 Å². The van der Waals surface area contributed by atoms with Crippen molar-refractivity contribution in [1.82, 2.24) is 10.2 Å². The zero-order chi connectivity index (χ0) is 10.7. The molecule has 0 bridgehead atoms. The first-order chi connectivity index (χ1) is 7.28. The second kappa shape index (κ2) is 4.52. The maximum Gasteiger partial charge on any atom is 0.230 e. The van der Waals surface area contributed by atoms with E-state index in [1.807, 2.05) is 0 Å². The van der Waals surface area contributed by atoms with E-state index >= 15 is 0 Å². The summed E-state index contributed by atoms with van der Waals surface area (Å²) in [6.07, 6.45) is 5.59. The molecule has 3 nitrogen and oxygen atoms in total. The van der Waals surface area contributed by atoms with Crippen LogP contribution in [0.1, 0.15) is 39.0 Å². The standard InChI is InChI=1S/C12H22N2O/c1-2-12(6-5-7-13-10-12)11(15)14-8-3-4-9-14/h13H,2-10H2,1H3. The first-order valence-corrected chi connectivity index (χ1v) is 6.29. The summed E-state index contributed by atoms with van der Waals surface area (Å²) < 4.78 is 0. The highest BCUT2D eigenvalue weighted by Gasteiger charge is 2.40. The summed E-state index contributed by atoms with van der Waals surface area (Å²) in [6, 6.07) is 0. The molecule has 0 aromatic heterocycles. The fraction of sp³-hybridized carbons (Fsp3) is 0.917. The van der Waals surface area contributed by atoms with Crippen LogP contribution in [0.3, 0.4) is 0 Å². The van der Waals surface area contributed by atoms with Crippen LogP contribution in [0.25, 0.3) is 0 Å². The van der Waals surface area contributed by atoms with Crippen molar-refractivity contribution in [1.29, 1.82) is 0 Å². The third-order valence-corrected chi connectivity index (χ3v) is 4.00. The molecule has 2 saturated heterocycles. The number of carbonyl (C=O) groups excluding carboxylic acids is 1. The lowest BCUT2D eigenvalue weighted by atomic mass is 9.77. The predicted octanol–water partition coefficient (Wildman–Crippen LogP) is 1.39. The number of rotatable bonds is 2. The number of hydrogen-bond acceptors (Lipinski definition) is 2. The summed E-state index contributed by atoms with van der Waals surface area (Å²) in [5.41, 5.74) is -0.0808. The van der Waals surface area contributed by atoms with Crippen molar-refractivity contribution in [3.63, 3.8) is 0 Å². The minimum absolute atomic E-state index is 0.0808. The van der Waals surface area contributed by atoms with Gasteiger partial charge in [-0.25, -0.2) is 0 Å². The van der Waals surface area contributed by atoms with Gasteiger partial charge < -0.3 is 10.2 Å². The number of amides is 1. The SMILES string of the molecule is CCC1(C(=O)N2CCCC2)CCCNC1. The van der Waals surface area contributed by atoms with E-state index in [-0.39, 0.29) is 5.41 Å². The van der Waals surface area contributed by atoms with E-state index in [2.05, 4.69) is 17.1 Å². The van der Waals surface area contributed by atoms with E-state index in [9.17, 15) is 4.79 Å². The number of piperidine rings is 1. The Morgan fingerprint density at radius 1 is 1.33 bits per heavy atom. The zero-order valence-electron chi connectivity index (χ0n) is 9.72. The third kappa shape index (κ3) is 2.03. The zero-order valence-corrected chi connectivity index (χ0v) is 9.72. The topological polar surface area (TPSA) is 32.3 Å². The van der Waals surface area contributed by atoms with Crippen molar-refractivity contribution in [2.45, 2.75) is 39.0 Å². The molecule has 2 heterocycles. The molecule has 1 unspecified atom stereocenters. The molecule has 1 amide bonds. The van der Waals surface area contributed by atoms with Crippen LogP contribution in [0, 0.1) is 5.41 Å². The van der Waals surface area contributed by atoms with Gasteiger partial charge in [-0.1, -0.05) is 6.92 Å². The summed E-state index contributed by atoms with van der Waals surface area (Å²) in [5.74, 6) is 0.412. The molecule has 0 spiro atoms. The Balaban J connectivity index is 2.06. The van der Waals surface area contributed by atoms with Gasteiger partial charge in [0.2, 0.25) is 5.91 Å². The van der Waals surface area contributed by atoms with Crippen molar-refractivity contribution in [2.75, 3.05) is 26.2 Å². The summed E-state index contributed by atoms with van der Waals surface area (Å²) in [6.45, 7) is 6.09. The maximum atomic E-state index is 12.4. The molecule has 0 saturated carbocycles. The molecule has 0 aliphatic carbocycles. The van der Waals surface area contributed by atoms with Crippen molar-refractivity contribution < 1.29 is 4.79 Å². The Morgan fingerprint density at radius 3 is 2.60 bits per heavy atom. The van der Waals surface area contributed by atoms with Gasteiger partial charge in [0.15, 0.2) is 0 Å². The highest BCUT2D eigenvalue weighted by Crippen LogP contribution is 2.33. The lowest BCUT2D eigenvalue weighted by molar-refractivity contribution is -0.142. The van der Waals surface area contributed by atoms with Crippen LogP contribution in [-0.2, 0) is 4.79 Å². The number of nitrogens with zero attached hydrogens (tertiary/aromatic N) is 1. The molecule has 2 fully saturated rings. The Labute approximate surface area is 92.2 Å². The average molecular weight is 210 g/mol. The second-order valence-corrected chi connectivity index (χ2v) is 4.91. The van der Waals surface area contributed by atoms with Crippen LogP contribution in [0.15, 0.2) is 0 Å². The Bertz CT molecular complexity index is 228. The van der Waals surface area contributed by atoms with E-state index in [1.54, 1.807) is 0 Å². The molecule has 2 aliphatic rings. The lowest BCUT2D eigenvalue weighted by Crippen LogP contribution is -2.50. The van der Waals surface area contributed by atoms with Crippen LogP contribution < -0.4 is 5.32 Å². The number of nitrogens with one attached hydrogen (secondary N) is 1. The normalized spacial score (nSPS) is 31.9. The van der Waals surface area contributed by atoms with E-state index in [0.29, 0.717) is 5.91 Å². The van der Waals surface area contributed by atoms with Gasteiger partial charge in [0.1, 0.15) is 0 Å². The molecule has 0 aromatic rings. The fourth-order valence-corrected chi connectivity index (χ4v) is 2.86. The Kier molecular flexibility index (Phi) is 3.29. The van der Waals surface area contributed by atoms with Gasteiger partial charge in [0.25, 0.3) is 0 Å². The minimum atomic E-state index is -0.0808. The minimum Gasteiger partial charge on any atom is -0.342 e. The molecule has 2 rings (SSSR count). The largest absolute Gasteiger partial charge is 0.342 e. The molecule has 0 aromatic carbocycles. The molecule has 1 N–H and O–H groups in total. The van der Waals surface area contributed by atoms with Crippen molar-refractivity contribution >= 4 is 5.91 Å². The molecule has 3 heteroatoms. The number of likely N-dealkylation sites (tertiary alicyclic amines) is 1. The summed E-state index contributed by atoms with van der Waals surface area (Å²) in [4.78, 5) is 14.5. The first-order valence-electron chi connectivity index (χ1n) is 6.29. The number of hydrogen-bond donors (Lipinski definition) is 1. The van der Waals surface area contributed by atoms with Crippen molar-refractivity contribution in [2.24, 2.45) is 5.41 Å². The second-order valence-electron chi connectivity index (χ2n) is 4.91. The first kappa shape index (κ1) is 10.9.